The molecule has 250 valence electrons. The monoisotopic (exact) mass is 675 g/mol. The van der Waals surface area contributed by atoms with E-state index in [9.17, 15) is 0 Å². The second-order valence-corrected chi connectivity index (χ2v) is 14.2. The number of fused-ring (bicyclic) bond motifs is 4. The molecular weight excluding hydrogens is 639 g/mol. The molecule has 0 atom stereocenters. The maximum Gasteiger partial charge on any atom is 0.0464 e. The van der Waals surface area contributed by atoms with E-state index in [1.54, 1.807) is 0 Å². The fourth-order valence-electron chi connectivity index (χ4n) is 8.63. The summed E-state index contributed by atoms with van der Waals surface area (Å²) in [6.07, 6.45) is 0. The van der Waals surface area contributed by atoms with Gasteiger partial charge in [0.1, 0.15) is 0 Å². The fourth-order valence-corrected chi connectivity index (χ4v) is 8.63. The molecule has 1 aliphatic rings. The summed E-state index contributed by atoms with van der Waals surface area (Å²) in [6, 6.07) is 69.1. The Morgan fingerprint density at radius 3 is 1.32 bits per heavy atom. The van der Waals surface area contributed by atoms with Crippen molar-refractivity contribution in [2.45, 2.75) is 13.8 Å². The Morgan fingerprint density at radius 1 is 0.302 bits per heavy atom. The van der Waals surface area contributed by atoms with E-state index < -0.39 is 0 Å². The van der Waals surface area contributed by atoms with Crippen LogP contribution < -0.4 is 4.90 Å². The molecule has 0 aliphatic heterocycles. The van der Waals surface area contributed by atoms with Crippen molar-refractivity contribution in [2.75, 3.05) is 4.90 Å². The van der Waals surface area contributed by atoms with Crippen molar-refractivity contribution in [3.05, 3.63) is 199 Å². The maximum atomic E-state index is 2.38. The van der Waals surface area contributed by atoms with Gasteiger partial charge < -0.3 is 4.90 Å². The summed E-state index contributed by atoms with van der Waals surface area (Å²) in [6.45, 7) is 4.31. The lowest BCUT2D eigenvalue weighted by Crippen LogP contribution is -2.10. The summed E-state index contributed by atoms with van der Waals surface area (Å²) in [5, 5.41) is 5.17. The summed E-state index contributed by atoms with van der Waals surface area (Å²) >= 11 is 0. The molecule has 9 aromatic carbocycles. The van der Waals surface area contributed by atoms with Gasteiger partial charge in [0.2, 0.25) is 0 Å². The Balaban J connectivity index is 1.18. The predicted molar refractivity (Wildman–Crippen MR) is 226 cm³/mol. The van der Waals surface area contributed by atoms with Crippen LogP contribution in [0.4, 0.5) is 17.1 Å². The van der Waals surface area contributed by atoms with E-state index in [-0.39, 0.29) is 0 Å². The summed E-state index contributed by atoms with van der Waals surface area (Å²) in [5.41, 5.74) is 18.7. The first-order valence-corrected chi connectivity index (χ1v) is 18.4. The van der Waals surface area contributed by atoms with Gasteiger partial charge in [0, 0.05) is 17.1 Å². The van der Waals surface area contributed by atoms with Crippen LogP contribution in [0, 0.1) is 13.8 Å². The van der Waals surface area contributed by atoms with Gasteiger partial charge in [0.05, 0.1) is 0 Å². The zero-order valence-electron chi connectivity index (χ0n) is 29.8. The molecule has 0 radical (unpaired) electrons. The molecule has 0 N–H and O–H groups in total. The fraction of sp³-hybridized carbons (Fsp3) is 0.0385. The minimum absolute atomic E-state index is 1.13. The zero-order chi connectivity index (χ0) is 35.5. The molecule has 0 unspecified atom stereocenters. The number of hydrogen-bond donors (Lipinski definition) is 0. The van der Waals surface area contributed by atoms with E-state index in [1.165, 1.54) is 88.3 Å². The van der Waals surface area contributed by atoms with Gasteiger partial charge in [0.25, 0.3) is 0 Å². The Bertz CT molecular complexity index is 2690. The third-order valence-electron chi connectivity index (χ3n) is 10.9. The molecule has 0 aromatic heterocycles. The summed E-state index contributed by atoms with van der Waals surface area (Å²) in [4.78, 5) is 2.36. The lowest BCUT2D eigenvalue weighted by Gasteiger charge is -2.26. The van der Waals surface area contributed by atoms with Crippen LogP contribution in [-0.2, 0) is 0 Å². The van der Waals surface area contributed by atoms with Crippen molar-refractivity contribution in [3.8, 4) is 55.6 Å². The molecule has 1 aliphatic carbocycles. The third kappa shape index (κ3) is 5.08. The first-order valence-electron chi connectivity index (χ1n) is 18.4. The van der Waals surface area contributed by atoms with Crippen LogP contribution in [0.1, 0.15) is 11.1 Å². The standard InChI is InChI=1S/C52H37N/c1-34-14-11-20-40(32-34)53(41-21-12-15-35(2)33-41)39-28-26-36(27-29-39)42-30-31-47-50-43(42)24-13-25-46(50)51-48(37-16-5-3-6-17-37)44-22-9-10-23-45(44)49(52(47)51)38-18-7-4-8-19-38/h3-33H,1-2H3. The van der Waals surface area contributed by atoms with Gasteiger partial charge >= 0.3 is 0 Å². The quantitative estimate of drug-likeness (QED) is 0.170. The van der Waals surface area contributed by atoms with E-state index in [1.807, 2.05) is 0 Å². The Hall–Kier alpha value is -6.70. The molecule has 0 saturated heterocycles. The molecule has 0 fully saturated rings. The predicted octanol–water partition coefficient (Wildman–Crippen LogP) is 14.7. The van der Waals surface area contributed by atoms with Gasteiger partial charge in [-0.3, -0.25) is 0 Å². The summed E-state index contributed by atoms with van der Waals surface area (Å²) < 4.78 is 0. The van der Waals surface area contributed by atoms with Crippen LogP contribution >= 0.6 is 0 Å². The Labute approximate surface area is 311 Å². The van der Waals surface area contributed by atoms with Gasteiger partial charge in [-0.15, -0.1) is 0 Å². The molecule has 53 heavy (non-hydrogen) atoms. The highest BCUT2D eigenvalue weighted by atomic mass is 15.1. The van der Waals surface area contributed by atoms with Crippen LogP contribution in [0.5, 0.6) is 0 Å². The van der Waals surface area contributed by atoms with Crippen LogP contribution in [0.2, 0.25) is 0 Å². The molecule has 1 heteroatoms. The number of anilines is 3. The van der Waals surface area contributed by atoms with Crippen molar-refractivity contribution >= 4 is 38.6 Å². The lowest BCUT2D eigenvalue weighted by atomic mass is 9.82. The van der Waals surface area contributed by atoms with Crippen LogP contribution in [0.15, 0.2) is 188 Å². The van der Waals surface area contributed by atoms with E-state index in [2.05, 4.69) is 207 Å². The minimum atomic E-state index is 1.13. The summed E-state index contributed by atoms with van der Waals surface area (Å²) in [5.74, 6) is 0. The van der Waals surface area contributed by atoms with Gasteiger partial charge in [-0.1, -0.05) is 152 Å². The van der Waals surface area contributed by atoms with Crippen LogP contribution in [-0.4, -0.2) is 0 Å². The maximum absolute atomic E-state index is 2.38. The van der Waals surface area contributed by atoms with Crippen molar-refractivity contribution < 1.29 is 0 Å². The summed E-state index contributed by atoms with van der Waals surface area (Å²) in [7, 11) is 0. The van der Waals surface area contributed by atoms with E-state index in [0.717, 1.165) is 17.1 Å². The number of benzene rings is 9. The average Bonchev–Trinajstić information content (AvgIpc) is 3.53. The van der Waals surface area contributed by atoms with Gasteiger partial charge in [-0.2, -0.15) is 0 Å². The highest BCUT2D eigenvalue weighted by molar-refractivity contribution is 6.28. The topological polar surface area (TPSA) is 3.24 Å². The first kappa shape index (κ1) is 31.1. The normalized spacial score (nSPS) is 11.6. The lowest BCUT2D eigenvalue weighted by molar-refractivity contribution is 1.26. The van der Waals surface area contributed by atoms with Crippen LogP contribution in [0.25, 0.3) is 77.2 Å². The number of aryl methyl sites for hydroxylation is 2. The van der Waals surface area contributed by atoms with E-state index in [0.29, 0.717) is 0 Å². The molecule has 0 heterocycles. The molecular formula is C52H37N. The highest BCUT2D eigenvalue weighted by Gasteiger charge is 2.31. The average molecular weight is 676 g/mol. The van der Waals surface area contributed by atoms with Crippen LogP contribution in [0.3, 0.4) is 0 Å². The second kappa shape index (κ2) is 12.5. The minimum Gasteiger partial charge on any atom is -0.310 e. The number of hydrogen-bond acceptors (Lipinski definition) is 1. The van der Waals surface area contributed by atoms with Crippen molar-refractivity contribution in [3.63, 3.8) is 0 Å². The van der Waals surface area contributed by atoms with E-state index in [4.69, 9.17) is 0 Å². The van der Waals surface area contributed by atoms with E-state index >= 15 is 0 Å². The Morgan fingerprint density at radius 2 is 0.774 bits per heavy atom. The second-order valence-electron chi connectivity index (χ2n) is 14.2. The molecule has 0 spiro atoms. The molecule has 9 aromatic rings. The van der Waals surface area contributed by atoms with Gasteiger partial charge in [0.15, 0.2) is 0 Å². The molecule has 0 amide bonds. The van der Waals surface area contributed by atoms with Gasteiger partial charge in [-0.25, -0.2) is 0 Å². The SMILES string of the molecule is Cc1cccc(N(c2ccc(-c3ccc4c5c(cccc35)-c3c-4c(-c4ccccc4)c4ccccc4c3-c3ccccc3)cc2)c2cccc(C)c2)c1. The van der Waals surface area contributed by atoms with Gasteiger partial charge in [-0.05, 0) is 139 Å². The smallest absolute Gasteiger partial charge is 0.0464 e. The molecule has 1 nitrogen and oxygen atoms in total. The molecule has 0 bridgehead atoms. The van der Waals surface area contributed by atoms with Crippen molar-refractivity contribution in [1.29, 1.82) is 0 Å². The molecule has 0 saturated carbocycles. The first-order chi connectivity index (χ1) is 26.1. The van der Waals surface area contributed by atoms with Crippen molar-refractivity contribution in [2.24, 2.45) is 0 Å². The Kier molecular flexibility index (Phi) is 7.33. The number of nitrogens with zero attached hydrogens (tertiary/aromatic N) is 1. The highest BCUT2D eigenvalue weighted by Crippen LogP contribution is 2.58. The molecule has 10 rings (SSSR count). The zero-order valence-corrected chi connectivity index (χ0v) is 29.8. The van der Waals surface area contributed by atoms with Crippen molar-refractivity contribution in [1.82, 2.24) is 0 Å². The largest absolute Gasteiger partial charge is 0.310 e. The third-order valence-corrected chi connectivity index (χ3v) is 10.9. The number of rotatable bonds is 6.